The van der Waals surface area contributed by atoms with E-state index < -0.39 is 0 Å². The van der Waals surface area contributed by atoms with Crippen LogP contribution in [0.1, 0.15) is 13.3 Å². The van der Waals surface area contributed by atoms with Crippen molar-refractivity contribution >= 4 is 34.7 Å². The number of anilines is 1. The molecule has 2 heterocycles. The van der Waals surface area contributed by atoms with E-state index in [0.717, 1.165) is 22.1 Å². The molecule has 0 saturated carbocycles. The van der Waals surface area contributed by atoms with Crippen LogP contribution in [-0.4, -0.2) is 24.4 Å². The van der Waals surface area contributed by atoms with E-state index >= 15 is 0 Å². The van der Waals surface area contributed by atoms with E-state index in [1.807, 2.05) is 42.6 Å². The second kappa shape index (κ2) is 7.07. The van der Waals surface area contributed by atoms with Crippen LogP contribution in [0, 0.1) is 0 Å². The molecule has 0 radical (unpaired) electrons. The standard InChI is InChI=1S/C16H17NO3S2/c1-2-14(22-15-4-3-9-21-15)16(18)17-11-5-6-12-13(10-11)20-8-7-19-12/h3-6,9-10,14H,2,7-8H2,1H3,(H,17,18). The van der Waals surface area contributed by atoms with E-state index in [1.165, 1.54) is 0 Å². The van der Waals surface area contributed by atoms with E-state index in [0.29, 0.717) is 19.0 Å². The SMILES string of the molecule is CCC(Sc1cccs1)C(=O)Nc1ccc2c(c1)OCCO2. The number of nitrogens with one attached hydrogen (secondary N) is 1. The molecule has 0 bridgehead atoms. The van der Waals surface area contributed by atoms with Gasteiger partial charge in [-0.15, -0.1) is 23.1 Å². The molecule has 1 aliphatic rings. The highest BCUT2D eigenvalue weighted by Gasteiger charge is 2.19. The summed E-state index contributed by atoms with van der Waals surface area (Å²) in [5.41, 5.74) is 0.736. The molecule has 1 unspecified atom stereocenters. The number of thioether (sulfide) groups is 1. The minimum atomic E-state index is -0.105. The lowest BCUT2D eigenvalue weighted by Gasteiger charge is -2.19. The van der Waals surface area contributed by atoms with E-state index in [9.17, 15) is 4.79 Å². The topological polar surface area (TPSA) is 47.6 Å². The molecule has 1 aromatic heterocycles. The van der Waals surface area contributed by atoms with E-state index in [-0.39, 0.29) is 11.2 Å². The third kappa shape index (κ3) is 3.56. The Morgan fingerprint density at radius 1 is 1.32 bits per heavy atom. The van der Waals surface area contributed by atoms with Gasteiger partial charge < -0.3 is 14.8 Å². The number of fused-ring (bicyclic) bond motifs is 1. The van der Waals surface area contributed by atoms with Gasteiger partial charge in [-0.3, -0.25) is 4.79 Å². The molecule has 116 valence electrons. The average molecular weight is 335 g/mol. The Balaban J connectivity index is 1.67. The van der Waals surface area contributed by atoms with Crippen molar-refractivity contribution in [1.82, 2.24) is 0 Å². The maximum absolute atomic E-state index is 12.4. The largest absolute Gasteiger partial charge is 0.486 e. The van der Waals surface area contributed by atoms with Gasteiger partial charge in [-0.2, -0.15) is 0 Å². The number of hydrogen-bond donors (Lipinski definition) is 1. The van der Waals surface area contributed by atoms with Crippen LogP contribution in [0.2, 0.25) is 0 Å². The van der Waals surface area contributed by atoms with Crippen molar-refractivity contribution in [3.63, 3.8) is 0 Å². The van der Waals surface area contributed by atoms with Gasteiger partial charge in [0.05, 0.1) is 9.46 Å². The van der Waals surface area contributed by atoms with E-state index in [4.69, 9.17) is 9.47 Å². The second-order valence-corrected chi connectivity index (χ2v) is 7.25. The van der Waals surface area contributed by atoms with Crippen LogP contribution in [0.5, 0.6) is 11.5 Å². The summed E-state index contributed by atoms with van der Waals surface area (Å²) in [5, 5.41) is 4.88. The Hall–Kier alpha value is -1.66. The maximum Gasteiger partial charge on any atom is 0.237 e. The Morgan fingerprint density at radius 2 is 2.14 bits per heavy atom. The molecular weight excluding hydrogens is 318 g/mol. The highest BCUT2D eigenvalue weighted by atomic mass is 32.2. The van der Waals surface area contributed by atoms with E-state index in [1.54, 1.807) is 23.1 Å². The minimum Gasteiger partial charge on any atom is -0.486 e. The van der Waals surface area contributed by atoms with Crippen molar-refractivity contribution in [2.75, 3.05) is 18.5 Å². The monoisotopic (exact) mass is 335 g/mol. The number of benzene rings is 1. The molecule has 1 N–H and O–H groups in total. The number of amides is 1. The van der Waals surface area contributed by atoms with Crippen molar-refractivity contribution in [2.24, 2.45) is 0 Å². The molecule has 4 nitrogen and oxygen atoms in total. The summed E-state index contributed by atoms with van der Waals surface area (Å²) in [5.74, 6) is 1.42. The van der Waals surface area contributed by atoms with Gasteiger partial charge in [-0.05, 0) is 30.0 Å². The lowest BCUT2D eigenvalue weighted by atomic mass is 10.2. The molecule has 6 heteroatoms. The Labute approximate surface area is 137 Å². The summed E-state index contributed by atoms with van der Waals surface area (Å²) in [7, 11) is 0. The number of carbonyl (C=O) groups is 1. The van der Waals surface area contributed by atoms with Crippen molar-refractivity contribution in [3.8, 4) is 11.5 Å². The van der Waals surface area contributed by atoms with Crippen LogP contribution in [0.15, 0.2) is 39.9 Å². The molecule has 2 aromatic rings. The van der Waals surface area contributed by atoms with Crippen LogP contribution < -0.4 is 14.8 Å². The van der Waals surface area contributed by atoms with Gasteiger partial charge in [0.15, 0.2) is 11.5 Å². The van der Waals surface area contributed by atoms with Crippen molar-refractivity contribution in [2.45, 2.75) is 22.8 Å². The van der Waals surface area contributed by atoms with Gasteiger partial charge in [0.1, 0.15) is 13.2 Å². The van der Waals surface area contributed by atoms with E-state index in [2.05, 4.69) is 5.32 Å². The van der Waals surface area contributed by atoms with Crippen LogP contribution in [-0.2, 0) is 4.79 Å². The quantitative estimate of drug-likeness (QED) is 0.838. The molecule has 0 spiro atoms. The molecular formula is C16H17NO3S2. The highest BCUT2D eigenvalue weighted by Crippen LogP contribution is 2.34. The summed E-state index contributed by atoms with van der Waals surface area (Å²) in [6.45, 7) is 3.12. The van der Waals surface area contributed by atoms with Crippen molar-refractivity contribution in [1.29, 1.82) is 0 Å². The van der Waals surface area contributed by atoms with Crippen LogP contribution in [0.3, 0.4) is 0 Å². The molecule has 0 aliphatic carbocycles. The second-order valence-electron chi connectivity index (χ2n) is 4.79. The molecule has 1 amide bonds. The molecule has 1 aromatic carbocycles. The molecule has 22 heavy (non-hydrogen) atoms. The summed E-state index contributed by atoms with van der Waals surface area (Å²) in [4.78, 5) is 12.4. The first kappa shape index (κ1) is 15.2. The van der Waals surface area contributed by atoms with Gasteiger partial charge in [-0.25, -0.2) is 0 Å². The fourth-order valence-corrected chi connectivity index (χ4v) is 4.09. The maximum atomic E-state index is 12.4. The van der Waals surface area contributed by atoms with Gasteiger partial charge in [-0.1, -0.05) is 13.0 Å². The molecule has 3 rings (SSSR count). The number of ether oxygens (including phenoxy) is 2. The number of carbonyl (C=O) groups excluding carboxylic acids is 1. The molecule has 0 saturated heterocycles. The summed E-state index contributed by atoms with van der Waals surface area (Å²) in [6.07, 6.45) is 0.777. The lowest BCUT2D eigenvalue weighted by molar-refractivity contribution is -0.115. The summed E-state index contributed by atoms with van der Waals surface area (Å²) >= 11 is 3.26. The summed E-state index contributed by atoms with van der Waals surface area (Å²) < 4.78 is 12.2. The van der Waals surface area contributed by atoms with Crippen molar-refractivity contribution < 1.29 is 14.3 Å². The fraction of sp³-hybridized carbons (Fsp3) is 0.312. The summed E-state index contributed by atoms with van der Waals surface area (Å²) in [6, 6.07) is 9.52. The zero-order chi connectivity index (χ0) is 15.4. The smallest absolute Gasteiger partial charge is 0.237 e. The van der Waals surface area contributed by atoms with Gasteiger partial charge in [0.25, 0.3) is 0 Å². The number of hydrogen-bond acceptors (Lipinski definition) is 5. The number of rotatable bonds is 5. The predicted molar refractivity (Wildman–Crippen MR) is 90.3 cm³/mol. The Bertz CT molecular complexity index is 643. The van der Waals surface area contributed by atoms with Gasteiger partial charge in [0, 0.05) is 11.8 Å². The zero-order valence-electron chi connectivity index (χ0n) is 12.2. The number of thiophene rings is 1. The van der Waals surface area contributed by atoms with Crippen LogP contribution in [0.4, 0.5) is 5.69 Å². The molecule has 1 atom stereocenters. The first-order chi connectivity index (χ1) is 10.8. The third-order valence-electron chi connectivity index (χ3n) is 3.23. The predicted octanol–water partition coefficient (Wildman–Crippen LogP) is 4.03. The van der Waals surface area contributed by atoms with Gasteiger partial charge in [0.2, 0.25) is 5.91 Å². The Morgan fingerprint density at radius 3 is 2.86 bits per heavy atom. The van der Waals surface area contributed by atoms with Crippen LogP contribution >= 0.6 is 23.1 Å². The van der Waals surface area contributed by atoms with Crippen LogP contribution in [0.25, 0.3) is 0 Å². The Kier molecular flexibility index (Phi) is 4.90. The molecule has 1 aliphatic heterocycles. The van der Waals surface area contributed by atoms with Gasteiger partial charge >= 0.3 is 0 Å². The zero-order valence-corrected chi connectivity index (χ0v) is 13.8. The third-order valence-corrected chi connectivity index (χ3v) is 5.67. The average Bonchev–Trinajstić information content (AvgIpc) is 3.05. The van der Waals surface area contributed by atoms with Crippen molar-refractivity contribution in [3.05, 3.63) is 35.7 Å². The normalized spacial score (nSPS) is 14.4. The highest BCUT2D eigenvalue weighted by molar-refractivity contribution is 8.02. The minimum absolute atomic E-state index is 0.0116. The fourth-order valence-electron chi connectivity index (χ4n) is 2.14. The first-order valence-corrected chi connectivity index (χ1v) is 8.93. The first-order valence-electron chi connectivity index (χ1n) is 7.17. The molecule has 0 fully saturated rings. The lowest BCUT2D eigenvalue weighted by Crippen LogP contribution is -2.24.